The number of hydrogen-bond donors (Lipinski definition) is 1. The summed E-state index contributed by atoms with van der Waals surface area (Å²) in [6.45, 7) is 5.88. The van der Waals surface area contributed by atoms with Gasteiger partial charge in [-0.1, -0.05) is 13.8 Å². The van der Waals surface area contributed by atoms with Crippen molar-refractivity contribution in [2.45, 2.75) is 25.7 Å². The molecule has 0 aliphatic rings. The fourth-order valence-corrected chi connectivity index (χ4v) is 5.06. The summed E-state index contributed by atoms with van der Waals surface area (Å²) in [6.07, 6.45) is 0. The van der Waals surface area contributed by atoms with Gasteiger partial charge in [0.15, 0.2) is 0 Å². The molecule has 1 amide bonds. The molecule has 3 rings (SSSR count). The van der Waals surface area contributed by atoms with Crippen LogP contribution in [0.2, 0.25) is 0 Å². The molecular weight excluding hydrogens is 400 g/mol. The van der Waals surface area contributed by atoms with Gasteiger partial charge in [-0.3, -0.25) is 15.0 Å². The van der Waals surface area contributed by atoms with E-state index in [0.717, 1.165) is 4.68 Å². The molecule has 3 aromatic rings. The monoisotopic (exact) mass is 420 g/mol. The van der Waals surface area contributed by atoms with E-state index in [-0.39, 0.29) is 16.0 Å². The minimum Gasteiger partial charge on any atom is -0.267 e. The summed E-state index contributed by atoms with van der Waals surface area (Å²) in [4.78, 5) is 30.1. The average Bonchev–Trinajstić information content (AvgIpc) is 3.14. The first-order valence-electron chi connectivity index (χ1n) is 8.68. The number of aromatic nitrogens is 2. The smallest absolute Gasteiger partial charge is 0.267 e. The van der Waals surface area contributed by atoms with Gasteiger partial charge in [-0.15, -0.1) is 11.3 Å². The number of carbonyl (C=O) groups is 1. The van der Waals surface area contributed by atoms with Gasteiger partial charge in [0.05, 0.1) is 10.3 Å². The predicted molar refractivity (Wildman–Crippen MR) is 109 cm³/mol. The van der Waals surface area contributed by atoms with Crippen LogP contribution in [0.3, 0.4) is 0 Å². The van der Waals surface area contributed by atoms with Crippen molar-refractivity contribution in [1.29, 1.82) is 0 Å². The Morgan fingerprint density at radius 1 is 1.18 bits per heavy atom. The van der Waals surface area contributed by atoms with Gasteiger partial charge >= 0.3 is 0 Å². The van der Waals surface area contributed by atoms with E-state index in [2.05, 4.69) is 10.4 Å². The molecule has 0 fully saturated rings. The third-order valence-corrected chi connectivity index (χ3v) is 7.21. The highest BCUT2D eigenvalue weighted by Gasteiger charge is 2.22. The predicted octanol–water partition coefficient (Wildman–Crippen LogP) is 2.18. The number of benzene rings is 1. The first-order chi connectivity index (χ1) is 13.3. The van der Waals surface area contributed by atoms with Crippen molar-refractivity contribution in [2.75, 3.05) is 18.5 Å². The SMILES string of the molecule is CCN(CC)S(=O)(=O)c1ccc(C(=O)Nn2c(C)nc3sccc3c2=O)cc1. The molecule has 0 aliphatic heterocycles. The van der Waals surface area contributed by atoms with Crippen LogP contribution in [0.4, 0.5) is 0 Å². The number of amides is 1. The topological polar surface area (TPSA) is 101 Å². The van der Waals surface area contributed by atoms with E-state index in [1.54, 1.807) is 32.2 Å². The van der Waals surface area contributed by atoms with Gasteiger partial charge in [-0.2, -0.15) is 4.31 Å². The largest absolute Gasteiger partial charge is 0.281 e. The van der Waals surface area contributed by atoms with Crippen molar-refractivity contribution < 1.29 is 13.2 Å². The average molecular weight is 421 g/mol. The van der Waals surface area contributed by atoms with E-state index in [1.807, 2.05) is 0 Å². The molecular formula is C18H20N4O4S2. The van der Waals surface area contributed by atoms with Crippen LogP contribution in [0.1, 0.15) is 30.0 Å². The van der Waals surface area contributed by atoms with Crippen LogP contribution in [0.25, 0.3) is 10.2 Å². The molecule has 2 heterocycles. The van der Waals surface area contributed by atoms with Crippen molar-refractivity contribution in [3.8, 4) is 0 Å². The quantitative estimate of drug-likeness (QED) is 0.659. The number of nitrogens with zero attached hydrogens (tertiary/aromatic N) is 3. The Morgan fingerprint density at radius 3 is 2.43 bits per heavy atom. The van der Waals surface area contributed by atoms with Crippen LogP contribution in [0.5, 0.6) is 0 Å². The number of sulfonamides is 1. The summed E-state index contributed by atoms with van der Waals surface area (Å²) >= 11 is 1.35. The second-order valence-electron chi connectivity index (χ2n) is 5.99. The molecule has 0 unspecified atom stereocenters. The zero-order valence-corrected chi connectivity index (χ0v) is 17.3. The molecule has 0 aliphatic carbocycles. The lowest BCUT2D eigenvalue weighted by atomic mass is 10.2. The molecule has 28 heavy (non-hydrogen) atoms. The molecule has 0 radical (unpaired) electrons. The number of fused-ring (bicyclic) bond motifs is 1. The minimum atomic E-state index is -3.60. The summed E-state index contributed by atoms with van der Waals surface area (Å²) < 4.78 is 27.5. The van der Waals surface area contributed by atoms with Gasteiger partial charge in [-0.05, 0) is 42.6 Å². The van der Waals surface area contributed by atoms with Crippen LogP contribution in [-0.4, -0.2) is 41.4 Å². The first-order valence-corrected chi connectivity index (χ1v) is 11.0. The van der Waals surface area contributed by atoms with E-state index in [4.69, 9.17) is 0 Å². The normalized spacial score (nSPS) is 11.9. The Bertz CT molecular complexity index is 1180. The number of rotatable bonds is 6. The number of aryl methyl sites for hydroxylation is 1. The van der Waals surface area contributed by atoms with Gasteiger partial charge in [0.1, 0.15) is 10.7 Å². The summed E-state index contributed by atoms with van der Waals surface area (Å²) in [5.74, 6) is -0.178. The maximum Gasteiger partial charge on any atom is 0.281 e. The third-order valence-electron chi connectivity index (χ3n) is 4.34. The molecule has 0 saturated carbocycles. The van der Waals surface area contributed by atoms with E-state index < -0.39 is 15.9 Å². The van der Waals surface area contributed by atoms with Crippen LogP contribution in [-0.2, 0) is 10.0 Å². The Hall–Kier alpha value is -2.56. The van der Waals surface area contributed by atoms with E-state index >= 15 is 0 Å². The second kappa shape index (κ2) is 7.82. The second-order valence-corrected chi connectivity index (χ2v) is 8.83. The molecule has 148 valence electrons. The Balaban J connectivity index is 1.88. The van der Waals surface area contributed by atoms with Gasteiger partial charge in [0, 0.05) is 18.7 Å². The third kappa shape index (κ3) is 3.58. The highest BCUT2D eigenvalue weighted by atomic mass is 32.2. The Morgan fingerprint density at radius 2 is 1.82 bits per heavy atom. The molecule has 0 atom stereocenters. The number of thiophene rings is 1. The highest BCUT2D eigenvalue weighted by Crippen LogP contribution is 2.17. The lowest BCUT2D eigenvalue weighted by Gasteiger charge is -2.18. The van der Waals surface area contributed by atoms with Crippen molar-refractivity contribution in [1.82, 2.24) is 14.0 Å². The van der Waals surface area contributed by atoms with E-state index in [1.165, 1.54) is 39.9 Å². The van der Waals surface area contributed by atoms with Crippen LogP contribution < -0.4 is 11.0 Å². The van der Waals surface area contributed by atoms with Crippen molar-refractivity contribution in [3.63, 3.8) is 0 Å². The van der Waals surface area contributed by atoms with Gasteiger partial charge in [0.2, 0.25) is 10.0 Å². The van der Waals surface area contributed by atoms with Gasteiger partial charge in [-0.25, -0.2) is 18.1 Å². The first kappa shape index (κ1) is 20.2. The van der Waals surface area contributed by atoms with Crippen molar-refractivity contribution >= 4 is 37.5 Å². The van der Waals surface area contributed by atoms with Gasteiger partial charge in [0.25, 0.3) is 11.5 Å². The summed E-state index contributed by atoms with van der Waals surface area (Å²) in [7, 11) is -3.60. The maximum atomic E-state index is 12.5. The molecule has 1 aromatic carbocycles. The van der Waals surface area contributed by atoms with E-state index in [9.17, 15) is 18.0 Å². The molecule has 1 N–H and O–H groups in total. The van der Waals surface area contributed by atoms with E-state index in [0.29, 0.717) is 29.1 Å². The van der Waals surface area contributed by atoms with Gasteiger partial charge < -0.3 is 0 Å². The van der Waals surface area contributed by atoms with Crippen LogP contribution in [0.15, 0.2) is 45.4 Å². The maximum absolute atomic E-state index is 12.5. The number of hydrogen-bond acceptors (Lipinski definition) is 6. The fraction of sp³-hybridized carbons (Fsp3) is 0.278. The minimum absolute atomic E-state index is 0.113. The van der Waals surface area contributed by atoms with Crippen LogP contribution in [0, 0.1) is 6.92 Å². The molecule has 0 bridgehead atoms. The number of nitrogens with one attached hydrogen (secondary N) is 1. The lowest BCUT2D eigenvalue weighted by Crippen LogP contribution is -2.35. The summed E-state index contributed by atoms with van der Waals surface area (Å²) in [5, 5.41) is 2.19. The number of carbonyl (C=O) groups excluding carboxylic acids is 1. The molecule has 0 spiro atoms. The molecule has 10 heteroatoms. The molecule has 8 nitrogen and oxygen atoms in total. The lowest BCUT2D eigenvalue weighted by molar-refractivity contribution is 0.101. The molecule has 2 aromatic heterocycles. The Kier molecular flexibility index (Phi) is 5.64. The zero-order chi connectivity index (χ0) is 20.5. The molecule has 0 saturated heterocycles. The Labute approximate surface area is 166 Å². The summed E-state index contributed by atoms with van der Waals surface area (Å²) in [6, 6.07) is 7.27. The summed E-state index contributed by atoms with van der Waals surface area (Å²) in [5.41, 5.74) is 2.40. The highest BCUT2D eigenvalue weighted by molar-refractivity contribution is 7.89. The van der Waals surface area contributed by atoms with Crippen molar-refractivity contribution in [3.05, 3.63) is 57.5 Å². The standard InChI is InChI=1S/C18H20N4O4S2/c1-4-21(5-2)28(25,26)14-8-6-13(7-9-14)16(23)20-22-12(3)19-17-15(18(22)24)10-11-27-17/h6-11H,4-5H2,1-3H3,(H,20,23). The fourth-order valence-electron chi connectivity index (χ4n) is 2.80. The van der Waals surface area contributed by atoms with Crippen molar-refractivity contribution in [2.24, 2.45) is 0 Å². The van der Waals surface area contributed by atoms with Crippen LogP contribution >= 0.6 is 11.3 Å². The zero-order valence-electron chi connectivity index (χ0n) is 15.7.